The van der Waals surface area contributed by atoms with Gasteiger partial charge in [-0.1, -0.05) is 31.2 Å². The van der Waals surface area contributed by atoms with Gasteiger partial charge in [0.15, 0.2) is 0 Å². The number of hydrogen-bond acceptors (Lipinski definition) is 3. The van der Waals surface area contributed by atoms with Crippen molar-refractivity contribution in [2.24, 2.45) is 0 Å². The summed E-state index contributed by atoms with van der Waals surface area (Å²) >= 11 is 0. The quantitative estimate of drug-likeness (QED) is 0.931. The summed E-state index contributed by atoms with van der Waals surface area (Å²) in [7, 11) is 1.62. The van der Waals surface area contributed by atoms with Crippen molar-refractivity contribution >= 4 is 0 Å². The first-order chi connectivity index (χ1) is 10.2. The maximum absolute atomic E-state index is 10.4. The van der Waals surface area contributed by atoms with Gasteiger partial charge in [0.05, 0.1) is 13.2 Å². The van der Waals surface area contributed by atoms with Gasteiger partial charge in [-0.15, -0.1) is 0 Å². The lowest BCUT2D eigenvalue weighted by atomic mass is 9.91. The summed E-state index contributed by atoms with van der Waals surface area (Å²) in [5.41, 5.74) is 3.24. The summed E-state index contributed by atoms with van der Waals surface area (Å²) in [6, 6.07) is 13.9. The molecule has 1 N–H and O–H groups in total. The average molecular weight is 284 g/mol. The Bertz CT molecular complexity index is 636. The predicted octanol–water partition coefficient (Wildman–Crippen LogP) is 3.81. The Morgan fingerprint density at radius 2 is 2.00 bits per heavy atom. The largest absolute Gasteiger partial charge is 0.497 e. The molecule has 0 radical (unpaired) electrons. The van der Waals surface area contributed by atoms with Crippen LogP contribution in [-0.2, 0) is 6.42 Å². The normalized spacial score (nSPS) is 20.5. The van der Waals surface area contributed by atoms with Crippen molar-refractivity contribution in [1.29, 1.82) is 0 Å². The number of aliphatic hydroxyl groups excluding tert-OH is 1. The molecule has 1 aliphatic rings. The lowest BCUT2D eigenvalue weighted by Gasteiger charge is -2.31. The average Bonchev–Trinajstić information content (AvgIpc) is 2.54. The molecule has 1 heterocycles. The van der Waals surface area contributed by atoms with Crippen molar-refractivity contribution in [1.82, 2.24) is 0 Å². The lowest BCUT2D eigenvalue weighted by molar-refractivity contribution is 0.0650. The Morgan fingerprint density at radius 3 is 2.76 bits per heavy atom. The van der Waals surface area contributed by atoms with Crippen LogP contribution in [0.25, 0.3) is 0 Å². The standard InChI is InChI=1S/C18H20O3/c1-3-12-6-4-5-7-14(12)18-11-16(19)15-10-13(20-2)8-9-17(15)21-18/h4-10,16,18-19H,3,11H2,1-2H3/t16-,18?/m1/s1. The minimum absolute atomic E-state index is 0.1000. The molecule has 3 heteroatoms. The molecule has 2 atom stereocenters. The van der Waals surface area contributed by atoms with Crippen LogP contribution in [0.5, 0.6) is 11.5 Å². The number of hydrogen-bond donors (Lipinski definition) is 1. The molecule has 0 aliphatic carbocycles. The highest BCUT2D eigenvalue weighted by Gasteiger charge is 2.29. The minimum atomic E-state index is -0.529. The van der Waals surface area contributed by atoms with E-state index in [1.54, 1.807) is 7.11 Å². The molecule has 0 fully saturated rings. The zero-order chi connectivity index (χ0) is 14.8. The van der Waals surface area contributed by atoms with Crippen molar-refractivity contribution in [3.63, 3.8) is 0 Å². The lowest BCUT2D eigenvalue weighted by Crippen LogP contribution is -2.20. The molecule has 0 aromatic heterocycles. The van der Waals surface area contributed by atoms with Crippen molar-refractivity contribution < 1.29 is 14.6 Å². The van der Waals surface area contributed by atoms with Crippen molar-refractivity contribution in [2.45, 2.75) is 32.0 Å². The fourth-order valence-corrected chi connectivity index (χ4v) is 2.91. The highest BCUT2D eigenvalue weighted by Crippen LogP contribution is 2.42. The van der Waals surface area contributed by atoms with Crippen molar-refractivity contribution in [3.8, 4) is 11.5 Å². The number of ether oxygens (including phenoxy) is 2. The summed E-state index contributed by atoms with van der Waals surface area (Å²) in [5, 5.41) is 10.4. The third kappa shape index (κ3) is 2.61. The molecule has 1 aliphatic heterocycles. The molecule has 0 spiro atoms. The smallest absolute Gasteiger partial charge is 0.127 e. The Balaban J connectivity index is 1.95. The van der Waals surface area contributed by atoms with Gasteiger partial charge in [0, 0.05) is 12.0 Å². The SMILES string of the molecule is CCc1ccccc1C1C[C@@H](O)c2cc(OC)ccc2O1. The fraction of sp³-hybridized carbons (Fsp3) is 0.333. The third-order valence-corrected chi connectivity index (χ3v) is 4.07. The molecule has 1 unspecified atom stereocenters. The maximum Gasteiger partial charge on any atom is 0.127 e. The summed E-state index contributed by atoms with van der Waals surface area (Å²) in [4.78, 5) is 0. The monoisotopic (exact) mass is 284 g/mol. The van der Waals surface area contributed by atoms with Gasteiger partial charge >= 0.3 is 0 Å². The first-order valence-corrected chi connectivity index (χ1v) is 7.33. The van der Waals surface area contributed by atoms with E-state index in [-0.39, 0.29) is 6.10 Å². The van der Waals surface area contributed by atoms with E-state index in [9.17, 15) is 5.11 Å². The Hall–Kier alpha value is -2.00. The van der Waals surface area contributed by atoms with E-state index in [4.69, 9.17) is 9.47 Å². The first kappa shape index (κ1) is 14.0. The van der Waals surface area contributed by atoms with Crippen LogP contribution in [0.4, 0.5) is 0 Å². The number of aliphatic hydroxyl groups is 1. The molecule has 0 saturated carbocycles. The summed E-state index contributed by atoms with van der Waals surface area (Å²) in [6.07, 6.45) is 0.898. The molecule has 0 bridgehead atoms. The second-order valence-corrected chi connectivity index (χ2v) is 5.31. The molecule has 110 valence electrons. The van der Waals surface area contributed by atoms with E-state index in [1.807, 2.05) is 30.3 Å². The number of rotatable bonds is 3. The van der Waals surface area contributed by atoms with E-state index in [0.717, 1.165) is 23.5 Å². The highest BCUT2D eigenvalue weighted by atomic mass is 16.5. The van der Waals surface area contributed by atoms with E-state index in [0.29, 0.717) is 6.42 Å². The molecule has 0 amide bonds. The maximum atomic E-state index is 10.4. The van der Waals surface area contributed by atoms with Crippen LogP contribution in [0.3, 0.4) is 0 Å². The van der Waals surface area contributed by atoms with E-state index >= 15 is 0 Å². The van der Waals surface area contributed by atoms with Crippen molar-refractivity contribution in [3.05, 3.63) is 59.2 Å². The number of aryl methyl sites for hydroxylation is 1. The van der Waals surface area contributed by atoms with Crippen LogP contribution in [0, 0.1) is 0 Å². The van der Waals surface area contributed by atoms with Gasteiger partial charge in [0.25, 0.3) is 0 Å². The Kier molecular flexibility index (Phi) is 3.84. The van der Waals surface area contributed by atoms with Gasteiger partial charge in [-0.25, -0.2) is 0 Å². The van der Waals surface area contributed by atoms with Gasteiger partial charge in [0.2, 0.25) is 0 Å². The Morgan fingerprint density at radius 1 is 1.19 bits per heavy atom. The molecule has 21 heavy (non-hydrogen) atoms. The number of methoxy groups -OCH3 is 1. The minimum Gasteiger partial charge on any atom is -0.497 e. The van der Waals surface area contributed by atoms with Gasteiger partial charge < -0.3 is 14.6 Å². The van der Waals surface area contributed by atoms with Crippen LogP contribution < -0.4 is 9.47 Å². The van der Waals surface area contributed by atoms with Gasteiger partial charge in [-0.3, -0.25) is 0 Å². The first-order valence-electron chi connectivity index (χ1n) is 7.33. The van der Waals surface area contributed by atoms with Gasteiger partial charge in [-0.05, 0) is 35.7 Å². The molecule has 0 saturated heterocycles. The molecule has 3 rings (SSSR count). The summed E-state index contributed by atoms with van der Waals surface area (Å²) < 4.78 is 11.3. The zero-order valence-corrected chi connectivity index (χ0v) is 12.4. The topological polar surface area (TPSA) is 38.7 Å². The highest BCUT2D eigenvalue weighted by molar-refractivity contribution is 5.44. The molecular formula is C18H20O3. The van der Waals surface area contributed by atoms with Crippen LogP contribution in [-0.4, -0.2) is 12.2 Å². The van der Waals surface area contributed by atoms with Crippen molar-refractivity contribution in [2.75, 3.05) is 7.11 Å². The number of benzene rings is 2. The van der Waals surface area contributed by atoms with E-state index in [1.165, 1.54) is 11.1 Å². The summed E-state index contributed by atoms with van der Waals surface area (Å²) in [5.74, 6) is 1.48. The summed E-state index contributed by atoms with van der Waals surface area (Å²) in [6.45, 7) is 2.14. The molecule has 2 aromatic rings. The Labute approximate surface area is 125 Å². The van der Waals surface area contributed by atoms with Crippen LogP contribution in [0.1, 0.15) is 42.2 Å². The zero-order valence-electron chi connectivity index (χ0n) is 12.4. The van der Waals surface area contributed by atoms with E-state index < -0.39 is 6.10 Å². The van der Waals surface area contributed by atoms with Gasteiger partial charge in [-0.2, -0.15) is 0 Å². The predicted molar refractivity (Wildman–Crippen MR) is 81.8 cm³/mol. The second kappa shape index (κ2) is 5.78. The fourth-order valence-electron chi connectivity index (χ4n) is 2.91. The second-order valence-electron chi connectivity index (χ2n) is 5.31. The third-order valence-electron chi connectivity index (χ3n) is 4.07. The molecular weight excluding hydrogens is 264 g/mol. The van der Waals surface area contributed by atoms with Crippen LogP contribution >= 0.6 is 0 Å². The van der Waals surface area contributed by atoms with Crippen LogP contribution in [0.15, 0.2) is 42.5 Å². The molecule has 3 nitrogen and oxygen atoms in total. The van der Waals surface area contributed by atoms with Crippen LogP contribution in [0.2, 0.25) is 0 Å². The van der Waals surface area contributed by atoms with E-state index in [2.05, 4.69) is 19.1 Å². The van der Waals surface area contributed by atoms with Gasteiger partial charge in [0.1, 0.15) is 17.6 Å². The number of fused-ring (bicyclic) bond motifs is 1. The molecule has 2 aromatic carbocycles.